The van der Waals surface area contributed by atoms with E-state index >= 15 is 0 Å². The summed E-state index contributed by atoms with van der Waals surface area (Å²) in [5, 5.41) is 2.93. The summed E-state index contributed by atoms with van der Waals surface area (Å²) in [6.45, 7) is 7.80. The van der Waals surface area contributed by atoms with Crippen LogP contribution in [-0.2, 0) is 26.2 Å². The van der Waals surface area contributed by atoms with Gasteiger partial charge in [-0.15, -0.1) is 0 Å². The summed E-state index contributed by atoms with van der Waals surface area (Å²) in [4.78, 5) is 28.9. The molecule has 0 saturated carbocycles. The number of aryl methyl sites for hydroxylation is 1. The first-order valence-electron chi connectivity index (χ1n) is 13.4. The number of nitrogens with one attached hydrogen (secondary N) is 1. The molecule has 3 aromatic carbocycles. The summed E-state index contributed by atoms with van der Waals surface area (Å²) in [6, 6.07) is 21.7. The van der Waals surface area contributed by atoms with Crippen molar-refractivity contribution in [1.82, 2.24) is 10.2 Å². The van der Waals surface area contributed by atoms with Crippen LogP contribution in [0.4, 0.5) is 5.69 Å². The molecule has 0 aliphatic carbocycles. The highest BCUT2D eigenvalue weighted by atomic mass is 32.2. The van der Waals surface area contributed by atoms with E-state index in [0.717, 1.165) is 15.4 Å². The zero-order valence-electron chi connectivity index (χ0n) is 23.8. The first kappa shape index (κ1) is 30.7. The molecule has 0 spiro atoms. The van der Waals surface area contributed by atoms with Crippen LogP contribution < -0.4 is 14.4 Å². The molecule has 0 aliphatic rings. The molecule has 0 radical (unpaired) electrons. The third-order valence-electron chi connectivity index (χ3n) is 6.51. The summed E-state index contributed by atoms with van der Waals surface area (Å²) in [7, 11) is -2.72. The van der Waals surface area contributed by atoms with Gasteiger partial charge in [0, 0.05) is 13.1 Å². The lowest BCUT2D eigenvalue weighted by Crippen LogP contribution is -2.52. The van der Waals surface area contributed by atoms with Gasteiger partial charge < -0.3 is 15.0 Å². The van der Waals surface area contributed by atoms with Gasteiger partial charge in [-0.2, -0.15) is 0 Å². The highest BCUT2D eigenvalue weighted by Crippen LogP contribution is 2.32. The van der Waals surface area contributed by atoms with E-state index in [0.29, 0.717) is 18.7 Å². The highest BCUT2D eigenvalue weighted by Gasteiger charge is 2.34. The summed E-state index contributed by atoms with van der Waals surface area (Å²) >= 11 is 0. The molecule has 0 aliphatic heterocycles. The fraction of sp³-hybridized carbons (Fsp3) is 0.355. The first-order valence-corrected chi connectivity index (χ1v) is 14.9. The van der Waals surface area contributed by atoms with Crippen LogP contribution in [0, 0.1) is 12.8 Å². The Bertz CT molecular complexity index is 1380. The number of hydrogen-bond donors (Lipinski definition) is 1. The third-order valence-corrected chi connectivity index (χ3v) is 8.28. The topological polar surface area (TPSA) is 96.0 Å². The second kappa shape index (κ2) is 14.0. The van der Waals surface area contributed by atoms with Crippen molar-refractivity contribution in [1.29, 1.82) is 0 Å². The smallest absolute Gasteiger partial charge is 0.264 e. The average Bonchev–Trinajstić information content (AvgIpc) is 2.95. The maximum Gasteiger partial charge on any atom is 0.264 e. The minimum Gasteiger partial charge on any atom is -0.495 e. The van der Waals surface area contributed by atoms with Gasteiger partial charge in [-0.05, 0) is 49.1 Å². The van der Waals surface area contributed by atoms with Crippen LogP contribution in [0.5, 0.6) is 5.75 Å². The molecular formula is C31H39N3O5S. The Kier molecular flexibility index (Phi) is 10.7. The summed E-state index contributed by atoms with van der Waals surface area (Å²) in [5.74, 6) is -0.231. The van der Waals surface area contributed by atoms with E-state index in [1.54, 1.807) is 36.4 Å². The number of ether oxygens (including phenoxy) is 1. The first-order chi connectivity index (χ1) is 19.1. The minimum absolute atomic E-state index is 0.0492. The van der Waals surface area contributed by atoms with E-state index in [9.17, 15) is 18.0 Å². The molecule has 1 N–H and O–H groups in total. The summed E-state index contributed by atoms with van der Waals surface area (Å²) < 4.78 is 34.5. The highest BCUT2D eigenvalue weighted by molar-refractivity contribution is 7.92. The van der Waals surface area contributed by atoms with E-state index in [4.69, 9.17) is 4.74 Å². The molecule has 3 rings (SSSR count). The number of rotatable bonds is 13. The van der Waals surface area contributed by atoms with Crippen molar-refractivity contribution in [2.75, 3.05) is 24.5 Å². The van der Waals surface area contributed by atoms with E-state index in [1.807, 2.05) is 58.0 Å². The van der Waals surface area contributed by atoms with Crippen molar-refractivity contribution < 1.29 is 22.7 Å². The van der Waals surface area contributed by atoms with Crippen LogP contribution in [0.25, 0.3) is 0 Å². The van der Waals surface area contributed by atoms with Gasteiger partial charge in [0.2, 0.25) is 11.8 Å². The number of benzene rings is 3. The molecule has 0 aromatic heterocycles. The molecular weight excluding hydrogens is 526 g/mol. The zero-order valence-corrected chi connectivity index (χ0v) is 24.6. The largest absolute Gasteiger partial charge is 0.495 e. The molecule has 2 amide bonds. The number of methoxy groups -OCH3 is 1. The Hall–Kier alpha value is -3.85. The fourth-order valence-electron chi connectivity index (χ4n) is 4.31. The Morgan fingerprint density at radius 3 is 2.15 bits per heavy atom. The van der Waals surface area contributed by atoms with Crippen molar-refractivity contribution in [3.63, 3.8) is 0 Å². The van der Waals surface area contributed by atoms with Gasteiger partial charge in [-0.3, -0.25) is 13.9 Å². The number of para-hydroxylation sites is 2. The third kappa shape index (κ3) is 7.63. The Morgan fingerprint density at radius 2 is 1.55 bits per heavy atom. The van der Waals surface area contributed by atoms with E-state index in [1.165, 1.54) is 24.1 Å². The van der Waals surface area contributed by atoms with Crippen molar-refractivity contribution in [2.45, 2.75) is 51.6 Å². The van der Waals surface area contributed by atoms with Crippen molar-refractivity contribution in [3.05, 3.63) is 90.0 Å². The number of carbonyl (C=O) groups is 2. The Balaban J connectivity index is 2.07. The quantitative estimate of drug-likeness (QED) is 0.322. The van der Waals surface area contributed by atoms with Crippen molar-refractivity contribution >= 4 is 27.5 Å². The number of sulfonamides is 1. The maximum absolute atomic E-state index is 14.1. The summed E-state index contributed by atoms with van der Waals surface area (Å²) in [6.07, 6.45) is 0.363. The van der Waals surface area contributed by atoms with Gasteiger partial charge >= 0.3 is 0 Å². The predicted molar refractivity (Wildman–Crippen MR) is 158 cm³/mol. The van der Waals surface area contributed by atoms with Gasteiger partial charge in [0.25, 0.3) is 10.0 Å². The number of anilines is 1. The molecule has 9 heteroatoms. The maximum atomic E-state index is 14.1. The number of nitrogens with zero attached hydrogens (tertiary/aromatic N) is 2. The number of hydrogen-bond acceptors (Lipinski definition) is 5. The molecule has 40 heavy (non-hydrogen) atoms. The normalized spacial score (nSPS) is 12.1. The van der Waals surface area contributed by atoms with Gasteiger partial charge in [-0.25, -0.2) is 8.42 Å². The molecule has 0 fully saturated rings. The van der Waals surface area contributed by atoms with Gasteiger partial charge in [0.15, 0.2) is 0 Å². The molecule has 0 heterocycles. The van der Waals surface area contributed by atoms with Gasteiger partial charge in [0.1, 0.15) is 18.3 Å². The van der Waals surface area contributed by atoms with Crippen molar-refractivity contribution in [3.8, 4) is 5.75 Å². The lowest BCUT2D eigenvalue weighted by molar-refractivity contribution is -0.140. The SMILES string of the molecule is CC[C@@H](C(=O)NCC(C)C)N(Cc1ccccc1)C(=O)CN(c1ccccc1OC)S(=O)(=O)c1ccc(C)cc1. The fourth-order valence-corrected chi connectivity index (χ4v) is 5.73. The second-order valence-electron chi connectivity index (χ2n) is 10.1. The van der Waals surface area contributed by atoms with Gasteiger partial charge in [-0.1, -0.05) is 80.9 Å². The van der Waals surface area contributed by atoms with Gasteiger partial charge in [0.05, 0.1) is 17.7 Å². The average molecular weight is 566 g/mol. The Morgan fingerprint density at radius 1 is 0.925 bits per heavy atom. The molecule has 1 atom stereocenters. The van der Waals surface area contributed by atoms with Crippen LogP contribution in [-0.4, -0.2) is 51.4 Å². The van der Waals surface area contributed by atoms with Crippen LogP contribution in [0.1, 0.15) is 38.3 Å². The monoisotopic (exact) mass is 565 g/mol. The van der Waals surface area contributed by atoms with Crippen LogP contribution in [0.15, 0.2) is 83.8 Å². The van der Waals surface area contributed by atoms with Crippen LogP contribution in [0.2, 0.25) is 0 Å². The van der Waals surface area contributed by atoms with E-state index in [2.05, 4.69) is 5.32 Å². The molecule has 0 unspecified atom stereocenters. The zero-order chi connectivity index (χ0) is 29.3. The Labute approximate surface area is 238 Å². The molecule has 0 bridgehead atoms. The molecule has 8 nitrogen and oxygen atoms in total. The van der Waals surface area contributed by atoms with Crippen LogP contribution in [0.3, 0.4) is 0 Å². The molecule has 0 saturated heterocycles. The van der Waals surface area contributed by atoms with Crippen molar-refractivity contribution in [2.24, 2.45) is 5.92 Å². The second-order valence-corrected chi connectivity index (χ2v) is 11.9. The number of amides is 2. The van der Waals surface area contributed by atoms with Crippen LogP contribution >= 0.6 is 0 Å². The molecule has 3 aromatic rings. The standard InChI is InChI=1S/C31H39N3O5S/c1-6-27(31(36)32-20-23(2)3)33(21-25-12-8-7-9-13-25)30(35)22-34(28-14-10-11-15-29(28)39-5)40(37,38)26-18-16-24(4)17-19-26/h7-19,23,27H,6,20-22H2,1-5H3,(H,32,36)/t27-/m0/s1. The predicted octanol–water partition coefficient (Wildman–Crippen LogP) is 4.78. The number of carbonyl (C=O) groups excluding carboxylic acids is 2. The summed E-state index contributed by atoms with van der Waals surface area (Å²) in [5.41, 5.74) is 1.97. The lowest BCUT2D eigenvalue weighted by atomic mass is 10.1. The lowest BCUT2D eigenvalue weighted by Gasteiger charge is -2.33. The molecule has 214 valence electrons. The van der Waals surface area contributed by atoms with E-state index in [-0.39, 0.29) is 29.0 Å². The minimum atomic E-state index is -4.17. The van der Waals surface area contributed by atoms with E-state index < -0.39 is 28.5 Å².